The van der Waals surface area contributed by atoms with E-state index in [1.807, 2.05) is 0 Å². The van der Waals surface area contributed by atoms with Crippen LogP contribution in [-0.4, -0.2) is 41.1 Å². The zero-order valence-corrected chi connectivity index (χ0v) is 11.1. The first kappa shape index (κ1) is 12.8. The van der Waals surface area contributed by atoms with Gasteiger partial charge in [-0.1, -0.05) is 0 Å². The molecule has 3 atom stereocenters. The SMILES string of the molecule is CC(C)N1C2CCC1CC(OC(=O)[C@H](C)N)C2. The quantitative estimate of drug-likeness (QED) is 0.755. The highest BCUT2D eigenvalue weighted by molar-refractivity contribution is 5.75. The van der Waals surface area contributed by atoms with Gasteiger partial charge in [-0.2, -0.15) is 0 Å². The van der Waals surface area contributed by atoms with Crippen molar-refractivity contribution in [3.05, 3.63) is 0 Å². The van der Waals surface area contributed by atoms with Crippen LogP contribution in [0.5, 0.6) is 0 Å². The summed E-state index contributed by atoms with van der Waals surface area (Å²) in [5.41, 5.74) is 5.53. The summed E-state index contributed by atoms with van der Waals surface area (Å²) in [7, 11) is 0. The third kappa shape index (κ3) is 2.63. The van der Waals surface area contributed by atoms with Crippen LogP contribution < -0.4 is 5.73 Å². The van der Waals surface area contributed by atoms with E-state index in [-0.39, 0.29) is 12.1 Å². The molecular formula is C13H24N2O2. The fourth-order valence-electron chi connectivity index (χ4n) is 3.37. The van der Waals surface area contributed by atoms with Crippen molar-refractivity contribution in [3.63, 3.8) is 0 Å². The third-order valence-electron chi connectivity index (χ3n) is 4.00. The second-order valence-corrected chi connectivity index (χ2v) is 5.74. The molecular weight excluding hydrogens is 216 g/mol. The zero-order chi connectivity index (χ0) is 12.6. The lowest BCUT2D eigenvalue weighted by Gasteiger charge is -2.41. The Hall–Kier alpha value is -0.610. The zero-order valence-electron chi connectivity index (χ0n) is 11.1. The molecule has 2 heterocycles. The molecule has 98 valence electrons. The maximum Gasteiger partial charge on any atom is 0.322 e. The number of rotatable bonds is 3. The van der Waals surface area contributed by atoms with Gasteiger partial charge in [-0.15, -0.1) is 0 Å². The van der Waals surface area contributed by atoms with E-state index >= 15 is 0 Å². The van der Waals surface area contributed by atoms with Crippen LogP contribution in [0.3, 0.4) is 0 Å². The highest BCUT2D eigenvalue weighted by atomic mass is 16.5. The Balaban J connectivity index is 1.93. The van der Waals surface area contributed by atoms with Crippen molar-refractivity contribution in [3.8, 4) is 0 Å². The minimum atomic E-state index is -0.504. The van der Waals surface area contributed by atoms with Crippen molar-refractivity contribution in [2.24, 2.45) is 5.73 Å². The molecule has 0 aromatic rings. The molecule has 2 saturated heterocycles. The van der Waals surface area contributed by atoms with Gasteiger partial charge in [0.2, 0.25) is 0 Å². The molecule has 0 saturated carbocycles. The van der Waals surface area contributed by atoms with Crippen LogP contribution >= 0.6 is 0 Å². The summed E-state index contributed by atoms with van der Waals surface area (Å²) in [6, 6.07) is 1.28. The van der Waals surface area contributed by atoms with E-state index in [4.69, 9.17) is 10.5 Å². The summed E-state index contributed by atoms with van der Waals surface area (Å²) in [4.78, 5) is 14.1. The first-order valence-corrected chi connectivity index (χ1v) is 6.72. The highest BCUT2D eigenvalue weighted by Crippen LogP contribution is 2.38. The molecule has 0 aromatic carbocycles. The molecule has 4 heteroatoms. The lowest BCUT2D eigenvalue weighted by Crippen LogP contribution is -2.49. The maximum absolute atomic E-state index is 11.5. The highest BCUT2D eigenvalue weighted by Gasteiger charge is 2.43. The molecule has 4 nitrogen and oxygen atoms in total. The second-order valence-electron chi connectivity index (χ2n) is 5.74. The fraction of sp³-hybridized carbons (Fsp3) is 0.923. The number of carbonyl (C=O) groups excluding carboxylic acids is 1. The van der Waals surface area contributed by atoms with Crippen LogP contribution in [0.4, 0.5) is 0 Å². The van der Waals surface area contributed by atoms with Gasteiger partial charge in [-0.05, 0) is 33.6 Å². The van der Waals surface area contributed by atoms with E-state index in [1.54, 1.807) is 6.92 Å². The second kappa shape index (κ2) is 4.94. The monoisotopic (exact) mass is 240 g/mol. The molecule has 2 N–H and O–H groups in total. The van der Waals surface area contributed by atoms with Crippen LogP contribution in [-0.2, 0) is 9.53 Å². The van der Waals surface area contributed by atoms with Crippen molar-refractivity contribution in [1.29, 1.82) is 0 Å². The van der Waals surface area contributed by atoms with Gasteiger partial charge in [-0.25, -0.2) is 0 Å². The predicted molar refractivity (Wildman–Crippen MR) is 66.5 cm³/mol. The van der Waals surface area contributed by atoms with Gasteiger partial charge in [0.05, 0.1) is 0 Å². The Morgan fingerprint density at radius 3 is 2.18 bits per heavy atom. The first-order valence-electron chi connectivity index (χ1n) is 6.72. The van der Waals surface area contributed by atoms with E-state index in [0.29, 0.717) is 18.1 Å². The molecule has 0 amide bonds. The Bertz CT molecular complexity index is 277. The lowest BCUT2D eigenvalue weighted by atomic mass is 9.98. The molecule has 2 bridgehead atoms. The number of hydrogen-bond donors (Lipinski definition) is 1. The maximum atomic E-state index is 11.5. The molecule has 2 rings (SSSR count). The topological polar surface area (TPSA) is 55.6 Å². The molecule has 2 unspecified atom stereocenters. The standard InChI is InChI=1S/C13H24N2O2/c1-8(2)15-10-4-5-11(15)7-12(6-10)17-13(16)9(3)14/h8-12H,4-7,14H2,1-3H3/t9-,10?,11?,12?/m0/s1. The first-order chi connectivity index (χ1) is 7.99. The van der Waals surface area contributed by atoms with E-state index in [0.717, 1.165) is 12.8 Å². The Morgan fingerprint density at radius 2 is 1.76 bits per heavy atom. The fourth-order valence-corrected chi connectivity index (χ4v) is 3.37. The van der Waals surface area contributed by atoms with Crippen LogP contribution in [0, 0.1) is 0 Å². The molecule has 0 radical (unpaired) electrons. The summed E-state index contributed by atoms with van der Waals surface area (Å²) in [5, 5.41) is 0. The number of piperidine rings is 1. The average molecular weight is 240 g/mol. The van der Waals surface area contributed by atoms with Crippen molar-refractivity contribution < 1.29 is 9.53 Å². The van der Waals surface area contributed by atoms with Gasteiger partial charge >= 0.3 is 5.97 Å². The number of ether oxygens (including phenoxy) is 1. The minimum Gasteiger partial charge on any atom is -0.461 e. The Morgan fingerprint density at radius 1 is 1.24 bits per heavy atom. The number of nitrogens with zero attached hydrogens (tertiary/aromatic N) is 1. The molecule has 17 heavy (non-hydrogen) atoms. The number of hydrogen-bond acceptors (Lipinski definition) is 4. The van der Waals surface area contributed by atoms with Gasteiger partial charge in [0, 0.05) is 31.0 Å². The third-order valence-corrected chi connectivity index (χ3v) is 4.00. The van der Waals surface area contributed by atoms with E-state index in [1.165, 1.54) is 12.8 Å². The van der Waals surface area contributed by atoms with E-state index in [9.17, 15) is 4.79 Å². The van der Waals surface area contributed by atoms with Crippen molar-refractivity contribution in [1.82, 2.24) is 4.90 Å². The van der Waals surface area contributed by atoms with Gasteiger partial charge in [0.1, 0.15) is 12.1 Å². The van der Waals surface area contributed by atoms with Gasteiger partial charge in [0.15, 0.2) is 0 Å². The molecule has 2 fully saturated rings. The van der Waals surface area contributed by atoms with Crippen LogP contribution in [0.2, 0.25) is 0 Å². The lowest BCUT2D eigenvalue weighted by molar-refractivity contribution is -0.154. The summed E-state index contributed by atoms with van der Waals surface area (Å²) in [5.74, 6) is -0.257. The predicted octanol–water partition coefficient (Wildman–Crippen LogP) is 1.28. The van der Waals surface area contributed by atoms with Crippen LogP contribution in [0.25, 0.3) is 0 Å². The summed E-state index contributed by atoms with van der Waals surface area (Å²) >= 11 is 0. The van der Waals surface area contributed by atoms with E-state index < -0.39 is 6.04 Å². The smallest absolute Gasteiger partial charge is 0.322 e. The molecule has 0 aliphatic carbocycles. The number of nitrogens with two attached hydrogens (primary N) is 1. The summed E-state index contributed by atoms with van der Waals surface area (Å²) in [6.07, 6.45) is 4.53. The molecule has 2 aliphatic rings. The Labute approximate surface area is 103 Å². The van der Waals surface area contributed by atoms with Gasteiger partial charge in [0.25, 0.3) is 0 Å². The largest absolute Gasteiger partial charge is 0.461 e. The van der Waals surface area contributed by atoms with Crippen molar-refractivity contribution >= 4 is 5.97 Å². The minimum absolute atomic E-state index is 0.0843. The normalized spacial score (nSPS) is 35.0. The molecule has 0 aromatic heterocycles. The van der Waals surface area contributed by atoms with Crippen molar-refractivity contribution in [2.75, 3.05) is 0 Å². The average Bonchev–Trinajstić information content (AvgIpc) is 2.51. The van der Waals surface area contributed by atoms with Gasteiger partial charge < -0.3 is 10.5 Å². The van der Waals surface area contributed by atoms with Crippen molar-refractivity contribution in [2.45, 2.75) is 76.7 Å². The van der Waals surface area contributed by atoms with Crippen LogP contribution in [0.15, 0.2) is 0 Å². The molecule has 2 aliphatic heterocycles. The Kier molecular flexibility index (Phi) is 3.73. The number of carbonyl (C=O) groups is 1. The van der Waals surface area contributed by atoms with Crippen LogP contribution in [0.1, 0.15) is 46.5 Å². The van der Waals surface area contributed by atoms with Gasteiger partial charge in [-0.3, -0.25) is 9.69 Å². The van der Waals surface area contributed by atoms with E-state index in [2.05, 4.69) is 18.7 Å². The number of fused-ring (bicyclic) bond motifs is 2. The number of esters is 1. The summed E-state index contributed by atoms with van der Waals surface area (Å²) in [6.45, 7) is 6.18. The molecule has 0 spiro atoms. The summed E-state index contributed by atoms with van der Waals surface area (Å²) < 4.78 is 5.47.